The molecule has 1 fully saturated rings. The summed E-state index contributed by atoms with van der Waals surface area (Å²) in [4.78, 5) is 19.6. The fraction of sp³-hybridized carbons (Fsp3) is 0.407. The van der Waals surface area contributed by atoms with Gasteiger partial charge in [-0.1, -0.05) is 12.1 Å². The minimum Gasteiger partial charge on any atom is -0.378 e. The highest BCUT2D eigenvalue weighted by atomic mass is 32.1. The Balaban J connectivity index is 1.49. The van der Waals surface area contributed by atoms with E-state index in [1.165, 1.54) is 17.8 Å². The van der Waals surface area contributed by atoms with Crippen LogP contribution in [0.25, 0.3) is 11.3 Å². The van der Waals surface area contributed by atoms with Crippen molar-refractivity contribution >= 4 is 28.6 Å². The third kappa shape index (κ3) is 7.25. The van der Waals surface area contributed by atoms with E-state index in [0.29, 0.717) is 19.5 Å². The summed E-state index contributed by atoms with van der Waals surface area (Å²) < 4.78 is 21.1. The molecule has 0 unspecified atom stereocenters. The van der Waals surface area contributed by atoms with Gasteiger partial charge in [-0.25, -0.2) is 9.38 Å². The van der Waals surface area contributed by atoms with E-state index in [4.69, 9.17) is 9.73 Å². The number of ether oxygens (including phenoxy) is 1. The van der Waals surface area contributed by atoms with Crippen LogP contribution in [-0.2, 0) is 16.1 Å². The highest BCUT2D eigenvalue weighted by Crippen LogP contribution is 2.25. The number of anilines is 1. The molecular formula is C27H34FN5O2S. The molecule has 36 heavy (non-hydrogen) atoms. The maximum atomic E-state index is 13.4. The number of aromatic nitrogens is 1. The molecular weight excluding hydrogens is 477 g/mol. The molecule has 1 aliphatic rings. The maximum Gasteiger partial charge on any atom is 0.221 e. The number of rotatable bonds is 11. The van der Waals surface area contributed by atoms with Crippen LogP contribution in [0.15, 0.2) is 58.9 Å². The molecule has 0 spiro atoms. The lowest BCUT2D eigenvalue weighted by atomic mass is 10.1. The van der Waals surface area contributed by atoms with Crippen LogP contribution in [0.3, 0.4) is 0 Å². The standard InChI is InChI=1S/C27H34FN5O2S/c1-2-30-26(34)12-14-29-13-3-15-33-25(20-36-27(33)31-23-8-6-22(28)7-9-23)21-4-10-24(11-5-21)32-16-18-35-19-17-32/h4-11,20,29H,2-3,12-19H2,1H3,(H,30,34). The van der Waals surface area contributed by atoms with E-state index >= 15 is 0 Å². The topological polar surface area (TPSA) is 70.9 Å². The molecule has 0 radical (unpaired) electrons. The summed E-state index contributed by atoms with van der Waals surface area (Å²) in [6.07, 6.45) is 1.37. The summed E-state index contributed by atoms with van der Waals surface area (Å²) in [5.74, 6) is -0.201. The van der Waals surface area contributed by atoms with Crippen LogP contribution >= 0.6 is 11.3 Å². The Kier molecular flexibility index (Phi) is 9.66. The van der Waals surface area contributed by atoms with Crippen LogP contribution in [0.2, 0.25) is 0 Å². The summed E-state index contributed by atoms with van der Waals surface area (Å²) in [5.41, 5.74) is 4.17. The number of carbonyl (C=O) groups is 1. The van der Waals surface area contributed by atoms with Crippen LogP contribution in [-0.4, -0.2) is 56.4 Å². The van der Waals surface area contributed by atoms with E-state index in [9.17, 15) is 9.18 Å². The van der Waals surface area contributed by atoms with Gasteiger partial charge in [0.1, 0.15) is 5.82 Å². The van der Waals surface area contributed by atoms with Crippen molar-refractivity contribution in [2.75, 3.05) is 50.8 Å². The smallest absolute Gasteiger partial charge is 0.221 e. The van der Waals surface area contributed by atoms with Crippen LogP contribution in [0.5, 0.6) is 0 Å². The minimum absolute atomic E-state index is 0.0698. The first-order valence-corrected chi connectivity index (χ1v) is 13.4. The lowest BCUT2D eigenvalue weighted by Crippen LogP contribution is -2.36. The summed E-state index contributed by atoms with van der Waals surface area (Å²) in [6.45, 7) is 8.15. The fourth-order valence-electron chi connectivity index (χ4n) is 4.13. The number of hydrogen-bond donors (Lipinski definition) is 2. The predicted octanol–water partition coefficient (Wildman–Crippen LogP) is 3.93. The second-order valence-electron chi connectivity index (χ2n) is 8.60. The van der Waals surface area contributed by atoms with Crippen molar-refractivity contribution in [3.05, 3.63) is 64.5 Å². The molecule has 1 aliphatic heterocycles. The molecule has 2 heterocycles. The summed E-state index contributed by atoms with van der Waals surface area (Å²) >= 11 is 1.58. The number of thiazole rings is 1. The van der Waals surface area contributed by atoms with Gasteiger partial charge in [0.05, 0.1) is 24.6 Å². The van der Waals surface area contributed by atoms with E-state index in [-0.39, 0.29) is 11.7 Å². The first-order valence-electron chi connectivity index (χ1n) is 12.5. The van der Waals surface area contributed by atoms with Gasteiger partial charge in [-0.15, -0.1) is 11.3 Å². The van der Waals surface area contributed by atoms with E-state index in [2.05, 4.69) is 49.7 Å². The summed E-state index contributed by atoms with van der Waals surface area (Å²) in [5, 5.41) is 8.31. The number of nitrogens with one attached hydrogen (secondary N) is 2. The van der Waals surface area contributed by atoms with E-state index < -0.39 is 0 Å². The Morgan fingerprint density at radius 2 is 1.83 bits per heavy atom. The number of benzene rings is 2. The summed E-state index contributed by atoms with van der Waals surface area (Å²) in [7, 11) is 0. The maximum absolute atomic E-state index is 13.4. The van der Waals surface area contributed by atoms with Crippen LogP contribution in [0, 0.1) is 5.82 Å². The van der Waals surface area contributed by atoms with Crippen LogP contribution in [0.1, 0.15) is 19.8 Å². The average Bonchev–Trinajstić information content (AvgIpc) is 3.30. The zero-order chi connectivity index (χ0) is 25.2. The van der Waals surface area contributed by atoms with Gasteiger partial charge in [0, 0.05) is 50.2 Å². The zero-order valence-electron chi connectivity index (χ0n) is 20.7. The molecule has 4 rings (SSSR count). The Hall–Kier alpha value is -3.01. The zero-order valence-corrected chi connectivity index (χ0v) is 21.5. The van der Waals surface area contributed by atoms with Gasteiger partial charge >= 0.3 is 0 Å². The molecule has 9 heteroatoms. The number of halogens is 1. The second kappa shape index (κ2) is 13.3. The normalized spacial score (nSPS) is 14.3. The quantitative estimate of drug-likeness (QED) is 0.383. The van der Waals surface area contributed by atoms with Gasteiger partial charge in [-0.3, -0.25) is 4.79 Å². The monoisotopic (exact) mass is 511 g/mol. The first kappa shape index (κ1) is 26.1. The molecule has 0 bridgehead atoms. The molecule has 2 N–H and O–H groups in total. The van der Waals surface area contributed by atoms with Gasteiger partial charge in [0.15, 0.2) is 4.80 Å². The van der Waals surface area contributed by atoms with E-state index in [1.54, 1.807) is 23.5 Å². The number of nitrogens with zero attached hydrogens (tertiary/aromatic N) is 3. The molecule has 2 aromatic carbocycles. The molecule has 0 saturated carbocycles. The number of hydrogen-bond acceptors (Lipinski definition) is 6. The lowest BCUT2D eigenvalue weighted by molar-refractivity contribution is -0.120. The van der Waals surface area contributed by atoms with Crippen molar-refractivity contribution in [2.24, 2.45) is 4.99 Å². The van der Waals surface area contributed by atoms with Gasteiger partial charge in [0.25, 0.3) is 0 Å². The van der Waals surface area contributed by atoms with Gasteiger partial charge in [0.2, 0.25) is 5.91 Å². The second-order valence-corrected chi connectivity index (χ2v) is 9.43. The van der Waals surface area contributed by atoms with Crippen molar-refractivity contribution in [2.45, 2.75) is 26.3 Å². The SMILES string of the molecule is CCNC(=O)CCNCCCn1c(-c2ccc(N3CCOCC3)cc2)csc1=Nc1ccc(F)cc1. The third-order valence-corrected chi connectivity index (χ3v) is 6.89. The van der Waals surface area contributed by atoms with Crippen molar-refractivity contribution in [3.8, 4) is 11.3 Å². The number of carbonyl (C=O) groups excluding carboxylic acids is 1. The van der Waals surface area contributed by atoms with Crippen LogP contribution < -0.4 is 20.3 Å². The highest BCUT2D eigenvalue weighted by Gasteiger charge is 2.13. The molecule has 3 aromatic rings. The Bertz CT molecular complexity index is 1170. The predicted molar refractivity (Wildman–Crippen MR) is 143 cm³/mol. The fourth-order valence-corrected chi connectivity index (χ4v) is 5.09. The molecule has 7 nitrogen and oxygen atoms in total. The molecule has 1 aromatic heterocycles. The van der Waals surface area contributed by atoms with Gasteiger partial charge in [-0.05, 0) is 61.9 Å². The molecule has 1 saturated heterocycles. The average molecular weight is 512 g/mol. The third-order valence-electron chi connectivity index (χ3n) is 6.03. The van der Waals surface area contributed by atoms with Gasteiger partial charge < -0.3 is 24.8 Å². The highest BCUT2D eigenvalue weighted by molar-refractivity contribution is 7.07. The van der Waals surface area contributed by atoms with Crippen molar-refractivity contribution in [1.82, 2.24) is 15.2 Å². The molecule has 192 valence electrons. The molecule has 0 atom stereocenters. The number of amides is 1. The molecule has 0 aliphatic carbocycles. The lowest BCUT2D eigenvalue weighted by Gasteiger charge is -2.28. The molecule has 1 amide bonds. The Labute approximate surface area is 215 Å². The first-order chi connectivity index (χ1) is 17.6. The van der Waals surface area contributed by atoms with Gasteiger partial charge in [-0.2, -0.15) is 0 Å². The minimum atomic E-state index is -0.271. The van der Waals surface area contributed by atoms with Crippen molar-refractivity contribution < 1.29 is 13.9 Å². The van der Waals surface area contributed by atoms with Crippen LogP contribution in [0.4, 0.5) is 15.8 Å². The van der Waals surface area contributed by atoms with E-state index in [1.807, 2.05) is 6.92 Å². The van der Waals surface area contributed by atoms with Crippen molar-refractivity contribution in [1.29, 1.82) is 0 Å². The largest absolute Gasteiger partial charge is 0.378 e. The Morgan fingerprint density at radius 3 is 2.56 bits per heavy atom. The Morgan fingerprint density at radius 1 is 1.08 bits per heavy atom. The van der Waals surface area contributed by atoms with E-state index in [0.717, 1.165) is 67.6 Å². The van der Waals surface area contributed by atoms with Crippen molar-refractivity contribution in [3.63, 3.8) is 0 Å². The summed E-state index contributed by atoms with van der Waals surface area (Å²) in [6, 6.07) is 14.9. The number of morpholine rings is 1.